The Bertz CT molecular complexity index is 409. The molecular formula is C15H28N4O. The first-order valence-corrected chi connectivity index (χ1v) is 7.31. The Morgan fingerprint density at radius 2 is 2.05 bits per heavy atom. The molecule has 0 radical (unpaired) electrons. The van der Waals surface area contributed by atoms with E-state index in [1.807, 2.05) is 13.1 Å². The lowest BCUT2D eigenvalue weighted by atomic mass is 10.2. The second-order valence-corrected chi connectivity index (χ2v) is 5.41. The van der Waals surface area contributed by atoms with Crippen molar-refractivity contribution in [3.63, 3.8) is 0 Å². The molecule has 0 fully saturated rings. The van der Waals surface area contributed by atoms with Gasteiger partial charge in [-0.1, -0.05) is 13.8 Å². The molecular weight excluding hydrogens is 252 g/mol. The average Bonchev–Trinajstić information content (AvgIpc) is 2.38. The Morgan fingerprint density at radius 3 is 2.55 bits per heavy atom. The van der Waals surface area contributed by atoms with Gasteiger partial charge in [-0.05, 0) is 20.8 Å². The summed E-state index contributed by atoms with van der Waals surface area (Å²) in [5.74, 6) is 0.780. The van der Waals surface area contributed by atoms with E-state index in [0.717, 1.165) is 30.3 Å². The van der Waals surface area contributed by atoms with E-state index in [1.165, 1.54) is 0 Å². The Labute approximate surface area is 122 Å². The average molecular weight is 280 g/mol. The zero-order chi connectivity index (χ0) is 15.1. The molecule has 1 aromatic rings. The second-order valence-electron chi connectivity index (χ2n) is 5.41. The quantitative estimate of drug-likeness (QED) is 0.790. The van der Waals surface area contributed by atoms with E-state index in [0.29, 0.717) is 12.6 Å². The number of hydrogen-bond acceptors (Lipinski definition) is 5. The number of methoxy groups -OCH3 is 1. The smallest absolute Gasteiger partial charge is 0.225 e. The highest BCUT2D eigenvalue weighted by molar-refractivity contribution is 5.34. The number of ether oxygens (including phenoxy) is 1. The molecule has 1 unspecified atom stereocenters. The van der Waals surface area contributed by atoms with E-state index in [4.69, 9.17) is 4.74 Å². The molecule has 5 nitrogen and oxygen atoms in total. The zero-order valence-electron chi connectivity index (χ0n) is 13.6. The van der Waals surface area contributed by atoms with Gasteiger partial charge in [0.1, 0.15) is 0 Å². The molecule has 1 N–H and O–H groups in total. The lowest BCUT2D eigenvalue weighted by Crippen LogP contribution is -2.37. The van der Waals surface area contributed by atoms with Gasteiger partial charge in [-0.15, -0.1) is 0 Å². The normalized spacial score (nSPS) is 12.8. The standard InChI is InChI=1S/C15H28N4O/c1-7-19(12(4)10-20-6)15-17-9-14(13(5)18-15)8-16-11(2)3/h9,11-12,16H,7-8,10H2,1-6H3. The van der Waals surface area contributed by atoms with E-state index in [2.05, 4.69) is 47.9 Å². The minimum Gasteiger partial charge on any atom is -0.383 e. The van der Waals surface area contributed by atoms with E-state index >= 15 is 0 Å². The van der Waals surface area contributed by atoms with Crippen LogP contribution in [0.2, 0.25) is 0 Å². The summed E-state index contributed by atoms with van der Waals surface area (Å²) in [7, 11) is 1.72. The molecule has 0 saturated carbocycles. The molecule has 0 aliphatic carbocycles. The number of aromatic nitrogens is 2. The largest absolute Gasteiger partial charge is 0.383 e. The first-order chi connectivity index (χ1) is 9.49. The van der Waals surface area contributed by atoms with Gasteiger partial charge in [-0.3, -0.25) is 0 Å². The van der Waals surface area contributed by atoms with E-state index in [9.17, 15) is 0 Å². The molecule has 0 aromatic carbocycles. The number of nitrogens with one attached hydrogen (secondary N) is 1. The van der Waals surface area contributed by atoms with Gasteiger partial charge in [0.15, 0.2) is 0 Å². The van der Waals surface area contributed by atoms with E-state index in [1.54, 1.807) is 7.11 Å². The Balaban J connectivity index is 2.83. The molecule has 0 aliphatic rings. The summed E-state index contributed by atoms with van der Waals surface area (Å²) in [6, 6.07) is 0.729. The van der Waals surface area contributed by atoms with Crippen LogP contribution in [0.25, 0.3) is 0 Å². The lowest BCUT2D eigenvalue weighted by molar-refractivity contribution is 0.181. The van der Waals surface area contributed by atoms with Crippen molar-refractivity contribution >= 4 is 5.95 Å². The van der Waals surface area contributed by atoms with Crippen LogP contribution in [0.15, 0.2) is 6.20 Å². The summed E-state index contributed by atoms with van der Waals surface area (Å²) in [4.78, 5) is 11.3. The summed E-state index contributed by atoms with van der Waals surface area (Å²) >= 11 is 0. The molecule has 1 rings (SSSR count). The molecule has 0 spiro atoms. The molecule has 0 bridgehead atoms. The predicted octanol–water partition coefficient (Wildman–Crippen LogP) is 2.14. The monoisotopic (exact) mass is 280 g/mol. The van der Waals surface area contributed by atoms with Crippen molar-refractivity contribution in [1.82, 2.24) is 15.3 Å². The van der Waals surface area contributed by atoms with Gasteiger partial charge < -0.3 is 15.0 Å². The third-order valence-corrected chi connectivity index (χ3v) is 3.31. The van der Waals surface area contributed by atoms with Crippen LogP contribution in [0.1, 0.15) is 39.0 Å². The number of hydrogen-bond donors (Lipinski definition) is 1. The first kappa shape index (κ1) is 16.9. The molecule has 0 aliphatic heterocycles. The Morgan fingerprint density at radius 1 is 1.35 bits per heavy atom. The summed E-state index contributed by atoms with van der Waals surface area (Å²) in [6.45, 7) is 12.9. The van der Waals surface area contributed by atoms with Crippen LogP contribution in [0.4, 0.5) is 5.95 Å². The highest BCUT2D eigenvalue weighted by Crippen LogP contribution is 2.14. The molecule has 1 aromatic heterocycles. The molecule has 114 valence electrons. The highest BCUT2D eigenvalue weighted by Gasteiger charge is 2.16. The third-order valence-electron chi connectivity index (χ3n) is 3.31. The fourth-order valence-electron chi connectivity index (χ4n) is 2.09. The van der Waals surface area contributed by atoms with Crippen LogP contribution in [0, 0.1) is 6.92 Å². The summed E-state index contributed by atoms with van der Waals surface area (Å²) < 4.78 is 5.22. The van der Waals surface area contributed by atoms with E-state index in [-0.39, 0.29) is 6.04 Å². The number of anilines is 1. The molecule has 1 atom stereocenters. The fourth-order valence-corrected chi connectivity index (χ4v) is 2.09. The van der Waals surface area contributed by atoms with Crippen LogP contribution < -0.4 is 10.2 Å². The number of nitrogens with zero attached hydrogens (tertiary/aromatic N) is 3. The molecule has 0 saturated heterocycles. The van der Waals surface area contributed by atoms with Crippen molar-refractivity contribution in [2.24, 2.45) is 0 Å². The van der Waals surface area contributed by atoms with Crippen molar-refractivity contribution in [1.29, 1.82) is 0 Å². The Hall–Kier alpha value is -1.20. The third kappa shape index (κ3) is 4.72. The van der Waals surface area contributed by atoms with Crippen LogP contribution in [0.3, 0.4) is 0 Å². The van der Waals surface area contributed by atoms with Gasteiger partial charge in [0.2, 0.25) is 5.95 Å². The molecule has 1 heterocycles. The van der Waals surface area contributed by atoms with Gasteiger partial charge in [0.25, 0.3) is 0 Å². The molecule has 0 amide bonds. The van der Waals surface area contributed by atoms with Crippen molar-refractivity contribution in [2.45, 2.75) is 53.2 Å². The topological polar surface area (TPSA) is 50.3 Å². The van der Waals surface area contributed by atoms with Gasteiger partial charge in [0.05, 0.1) is 12.6 Å². The maximum absolute atomic E-state index is 5.22. The molecule has 5 heteroatoms. The number of likely N-dealkylation sites (N-methyl/N-ethyl adjacent to an activating group) is 1. The summed E-state index contributed by atoms with van der Waals surface area (Å²) in [5, 5.41) is 3.39. The summed E-state index contributed by atoms with van der Waals surface area (Å²) in [6.07, 6.45) is 1.93. The Kier molecular flexibility index (Phi) is 6.88. The van der Waals surface area contributed by atoms with Gasteiger partial charge >= 0.3 is 0 Å². The highest BCUT2D eigenvalue weighted by atomic mass is 16.5. The van der Waals surface area contributed by atoms with Crippen molar-refractivity contribution in [3.05, 3.63) is 17.5 Å². The van der Waals surface area contributed by atoms with Crippen molar-refractivity contribution < 1.29 is 4.74 Å². The van der Waals surface area contributed by atoms with Crippen LogP contribution >= 0.6 is 0 Å². The maximum atomic E-state index is 5.22. The number of rotatable bonds is 8. The fraction of sp³-hybridized carbons (Fsp3) is 0.733. The van der Waals surface area contributed by atoms with E-state index < -0.39 is 0 Å². The zero-order valence-corrected chi connectivity index (χ0v) is 13.6. The number of aryl methyl sites for hydroxylation is 1. The SMILES string of the molecule is CCN(c1ncc(CNC(C)C)c(C)n1)C(C)COC. The maximum Gasteiger partial charge on any atom is 0.225 e. The minimum absolute atomic E-state index is 0.268. The molecule has 20 heavy (non-hydrogen) atoms. The lowest BCUT2D eigenvalue weighted by Gasteiger charge is -2.27. The van der Waals surface area contributed by atoms with Crippen molar-refractivity contribution in [2.75, 3.05) is 25.2 Å². The first-order valence-electron chi connectivity index (χ1n) is 7.31. The predicted molar refractivity (Wildman–Crippen MR) is 83.1 cm³/mol. The van der Waals surface area contributed by atoms with Gasteiger partial charge in [-0.25, -0.2) is 9.97 Å². The van der Waals surface area contributed by atoms with Crippen LogP contribution in [0.5, 0.6) is 0 Å². The van der Waals surface area contributed by atoms with Crippen LogP contribution in [-0.2, 0) is 11.3 Å². The van der Waals surface area contributed by atoms with Gasteiger partial charge in [-0.2, -0.15) is 0 Å². The van der Waals surface area contributed by atoms with Gasteiger partial charge in [0, 0.05) is 43.7 Å². The minimum atomic E-state index is 0.268. The second kappa shape index (κ2) is 8.17. The summed E-state index contributed by atoms with van der Waals surface area (Å²) in [5.41, 5.74) is 2.18. The van der Waals surface area contributed by atoms with Crippen LogP contribution in [-0.4, -0.2) is 42.3 Å². The van der Waals surface area contributed by atoms with Crippen molar-refractivity contribution in [3.8, 4) is 0 Å².